The van der Waals surface area contributed by atoms with Gasteiger partial charge in [-0.25, -0.2) is 5.01 Å². The van der Waals surface area contributed by atoms with E-state index in [4.69, 9.17) is 39.9 Å². The molecule has 1 aromatic carbocycles. The van der Waals surface area contributed by atoms with Gasteiger partial charge in [-0.15, -0.1) is 10.2 Å². The van der Waals surface area contributed by atoms with Crippen molar-refractivity contribution in [1.29, 1.82) is 0 Å². The van der Waals surface area contributed by atoms with E-state index in [1.807, 2.05) is 29.3 Å². The van der Waals surface area contributed by atoms with E-state index in [0.717, 1.165) is 17.7 Å². The third-order valence-corrected chi connectivity index (χ3v) is 5.00. The largest absolute Gasteiger partial charge is 0.238 e. The van der Waals surface area contributed by atoms with Gasteiger partial charge in [0, 0.05) is 22.4 Å². The maximum Gasteiger partial charge on any atom is 0.172 e. The molecule has 1 aromatic heterocycles. The molecule has 4 rings (SSSR count). The fourth-order valence-electron chi connectivity index (χ4n) is 3.05. The summed E-state index contributed by atoms with van der Waals surface area (Å²) in [6.45, 7) is 0. The Kier molecular flexibility index (Phi) is 4.50. The molecule has 4 nitrogen and oxygen atoms in total. The lowest BCUT2D eigenvalue weighted by atomic mass is 9.95. The highest BCUT2D eigenvalue weighted by molar-refractivity contribution is 6.35. The minimum Gasteiger partial charge on any atom is -0.238 e. The van der Waals surface area contributed by atoms with Gasteiger partial charge in [-0.1, -0.05) is 65.2 Å². The molecule has 2 aromatic rings. The second kappa shape index (κ2) is 6.79. The summed E-state index contributed by atoms with van der Waals surface area (Å²) in [4.78, 5) is 0. The van der Waals surface area contributed by atoms with Crippen LogP contribution in [-0.2, 0) is 0 Å². The molecular formula is C18H13Cl3N4. The van der Waals surface area contributed by atoms with Crippen LogP contribution in [0.5, 0.6) is 0 Å². The van der Waals surface area contributed by atoms with Gasteiger partial charge in [0.25, 0.3) is 0 Å². The minimum absolute atomic E-state index is 0.0716. The van der Waals surface area contributed by atoms with Gasteiger partial charge in [0.15, 0.2) is 11.0 Å². The van der Waals surface area contributed by atoms with Gasteiger partial charge >= 0.3 is 0 Å². The van der Waals surface area contributed by atoms with Crippen LogP contribution < -0.4 is 5.01 Å². The van der Waals surface area contributed by atoms with Crippen molar-refractivity contribution in [2.75, 3.05) is 5.01 Å². The molecule has 0 saturated carbocycles. The van der Waals surface area contributed by atoms with Crippen LogP contribution in [0.25, 0.3) is 0 Å². The molecule has 7 heteroatoms. The smallest absolute Gasteiger partial charge is 0.172 e. The van der Waals surface area contributed by atoms with Crippen molar-refractivity contribution in [1.82, 2.24) is 10.2 Å². The van der Waals surface area contributed by atoms with E-state index in [2.05, 4.69) is 22.3 Å². The molecule has 0 saturated heterocycles. The summed E-state index contributed by atoms with van der Waals surface area (Å²) >= 11 is 18.4. The highest BCUT2D eigenvalue weighted by Crippen LogP contribution is 2.40. The van der Waals surface area contributed by atoms with Crippen LogP contribution in [0, 0.1) is 5.92 Å². The Labute approximate surface area is 160 Å². The van der Waals surface area contributed by atoms with Crippen LogP contribution in [0.2, 0.25) is 15.2 Å². The van der Waals surface area contributed by atoms with Gasteiger partial charge in [-0.2, -0.15) is 5.10 Å². The van der Waals surface area contributed by atoms with Gasteiger partial charge in [-0.3, -0.25) is 0 Å². The van der Waals surface area contributed by atoms with E-state index < -0.39 is 0 Å². The fourth-order valence-corrected chi connectivity index (χ4v) is 3.68. The first kappa shape index (κ1) is 16.6. The van der Waals surface area contributed by atoms with Crippen LogP contribution in [-0.4, -0.2) is 15.9 Å². The third-order valence-electron chi connectivity index (χ3n) is 4.24. The molecule has 2 aliphatic rings. The molecule has 0 N–H and O–H groups in total. The summed E-state index contributed by atoms with van der Waals surface area (Å²) in [5.74, 6) is 0.820. The number of rotatable bonds is 3. The third kappa shape index (κ3) is 3.30. The topological polar surface area (TPSA) is 41.4 Å². The minimum atomic E-state index is -0.0716. The lowest BCUT2D eigenvalue weighted by Crippen LogP contribution is -2.20. The number of hydrogen-bond donors (Lipinski definition) is 0. The van der Waals surface area contributed by atoms with Crippen molar-refractivity contribution in [3.63, 3.8) is 0 Å². The van der Waals surface area contributed by atoms with Gasteiger partial charge in [0.2, 0.25) is 0 Å². The van der Waals surface area contributed by atoms with Crippen molar-refractivity contribution in [2.24, 2.45) is 11.0 Å². The zero-order valence-corrected chi connectivity index (χ0v) is 15.2. The molecule has 0 bridgehead atoms. The zero-order chi connectivity index (χ0) is 17.4. The summed E-state index contributed by atoms with van der Waals surface area (Å²) in [5.41, 5.74) is 2.00. The van der Waals surface area contributed by atoms with Crippen molar-refractivity contribution >= 4 is 46.3 Å². The molecule has 0 spiro atoms. The van der Waals surface area contributed by atoms with E-state index in [-0.39, 0.29) is 12.0 Å². The Hall–Kier alpha value is -1.88. The average Bonchev–Trinajstić information content (AvgIpc) is 3.25. The number of anilines is 1. The molecule has 2 heterocycles. The maximum absolute atomic E-state index is 6.45. The normalized spacial score (nSPS) is 19.7. The zero-order valence-electron chi connectivity index (χ0n) is 13.0. The number of benzene rings is 1. The van der Waals surface area contributed by atoms with E-state index in [1.54, 1.807) is 18.2 Å². The molecule has 1 unspecified atom stereocenters. The molecule has 0 radical (unpaired) electrons. The average molecular weight is 392 g/mol. The van der Waals surface area contributed by atoms with Crippen molar-refractivity contribution in [2.45, 2.75) is 12.5 Å². The Bertz CT molecular complexity index is 878. The quantitative estimate of drug-likeness (QED) is 0.695. The highest BCUT2D eigenvalue weighted by Gasteiger charge is 2.33. The van der Waals surface area contributed by atoms with Gasteiger partial charge in [0.05, 0.1) is 11.8 Å². The number of allylic oxidation sites excluding steroid dienone is 4. The van der Waals surface area contributed by atoms with Crippen molar-refractivity contribution < 1.29 is 0 Å². The Morgan fingerprint density at radius 3 is 2.44 bits per heavy atom. The Balaban J connectivity index is 1.74. The van der Waals surface area contributed by atoms with E-state index in [0.29, 0.717) is 21.0 Å². The van der Waals surface area contributed by atoms with Crippen LogP contribution in [0.3, 0.4) is 0 Å². The number of aromatic nitrogens is 2. The Morgan fingerprint density at radius 2 is 1.76 bits per heavy atom. The number of halogens is 3. The number of hydrogen-bond acceptors (Lipinski definition) is 4. The van der Waals surface area contributed by atoms with Crippen LogP contribution in [0.1, 0.15) is 18.0 Å². The number of nitrogens with zero attached hydrogens (tertiary/aromatic N) is 4. The van der Waals surface area contributed by atoms with Gasteiger partial charge in [-0.05, 0) is 29.8 Å². The highest BCUT2D eigenvalue weighted by atomic mass is 35.5. The summed E-state index contributed by atoms with van der Waals surface area (Å²) in [5, 5.41) is 16.3. The lowest BCUT2D eigenvalue weighted by Gasteiger charge is -2.23. The second-order valence-electron chi connectivity index (χ2n) is 5.83. The predicted octanol–water partition coefficient (Wildman–Crippen LogP) is 5.49. The van der Waals surface area contributed by atoms with Crippen molar-refractivity contribution in [3.8, 4) is 0 Å². The predicted molar refractivity (Wildman–Crippen MR) is 103 cm³/mol. The molecule has 126 valence electrons. The van der Waals surface area contributed by atoms with Gasteiger partial charge < -0.3 is 0 Å². The first-order chi connectivity index (χ1) is 12.1. The molecule has 1 aliphatic heterocycles. The molecule has 25 heavy (non-hydrogen) atoms. The standard InChI is InChI=1S/C18H13Cl3N4/c19-12-5-6-13(14(20)9-12)16-10-15(11-3-1-2-4-11)24-25(16)18-8-7-17(21)22-23-18/h1-9,11,16H,10H2. The molecule has 1 aliphatic carbocycles. The monoisotopic (exact) mass is 390 g/mol. The maximum atomic E-state index is 6.45. The van der Waals surface area contributed by atoms with Gasteiger partial charge in [0.1, 0.15) is 0 Å². The summed E-state index contributed by atoms with van der Waals surface area (Å²) in [6, 6.07) is 8.95. The fraction of sp³-hybridized carbons (Fsp3) is 0.167. The molecule has 1 atom stereocenters. The Morgan fingerprint density at radius 1 is 0.960 bits per heavy atom. The lowest BCUT2D eigenvalue weighted by molar-refractivity contribution is 0.691. The second-order valence-corrected chi connectivity index (χ2v) is 7.06. The first-order valence-electron chi connectivity index (χ1n) is 7.77. The first-order valence-corrected chi connectivity index (χ1v) is 8.91. The molecular weight excluding hydrogens is 379 g/mol. The SMILES string of the molecule is Clc1ccc(C2CC(C3C=CC=C3)=NN2c2ccc(Cl)nn2)c(Cl)c1. The summed E-state index contributed by atoms with van der Waals surface area (Å²) in [7, 11) is 0. The molecule has 0 fully saturated rings. The van der Waals surface area contributed by atoms with Crippen molar-refractivity contribution in [3.05, 3.63) is 75.4 Å². The van der Waals surface area contributed by atoms with E-state index in [1.165, 1.54) is 0 Å². The molecule has 0 amide bonds. The van der Waals surface area contributed by atoms with E-state index in [9.17, 15) is 0 Å². The van der Waals surface area contributed by atoms with Crippen LogP contribution in [0.4, 0.5) is 5.82 Å². The number of hydrazone groups is 1. The van der Waals surface area contributed by atoms with Crippen LogP contribution in [0.15, 0.2) is 59.7 Å². The summed E-state index contributed by atoms with van der Waals surface area (Å²) in [6.07, 6.45) is 9.04. The van der Waals surface area contributed by atoms with Crippen LogP contribution >= 0.6 is 34.8 Å². The summed E-state index contributed by atoms with van der Waals surface area (Å²) < 4.78 is 0. The van der Waals surface area contributed by atoms with E-state index >= 15 is 0 Å².